The van der Waals surface area contributed by atoms with Crippen LogP contribution in [0, 0.1) is 0 Å². The maximum atomic E-state index is 2.42. The minimum absolute atomic E-state index is 1.09. The van der Waals surface area contributed by atoms with E-state index >= 15 is 0 Å². The van der Waals surface area contributed by atoms with Gasteiger partial charge < -0.3 is 4.90 Å². The first-order chi connectivity index (χ1) is 28.3. The molecule has 0 aliphatic rings. The monoisotopic (exact) mass is 725 g/mol. The molecule has 0 amide bonds. The van der Waals surface area contributed by atoms with Crippen molar-refractivity contribution in [2.75, 3.05) is 4.90 Å². The van der Waals surface area contributed by atoms with E-state index in [9.17, 15) is 0 Å². The van der Waals surface area contributed by atoms with Gasteiger partial charge in [0.05, 0.1) is 5.69 Å². The molecule has 0 saturated heterocycles. The molecule has 0 heterocycles. The third kappa shape index (κ3) is 6.56. The second-order valence-corrected chi connectivity index (χ2v) is 14.5. The molecule has 0 spiro atoms. The fraction of sp³-hybridized carbons (Fsp3) is 0. The predicted molar refractivity (Wildman–Crippen MR) is 243 cm³/mol. The highest BCUT2D eigenvalue weighted by Crippen LogP contribution is 2.46. The average molecular weight is 726 g/mol. The smallest absolute Gasteiger partial charge is 0.0540 e. The van der Waals surface area contributed by atoms with E-state index in [-0.39, 0.29) is 0 Å². The Balaban J connectivity index is 1.14. The van der Waals surface area contributed by atoms with Crippen molar-refractivity contribution in [2.45, 2.75) is 0 Å². The molecule has 0 bridgehead atoms. The van der Waals surface area contributed by atoms with Gasteiger partial charge in [0.2, 0.25) is 0 Å². The van der Waals surface area contributed by atoms with E-state index in [1.807, 2.05) is 0 Å². The number of rotatable bonds is 8. The normalized spacial score (nSPS) is 11.2. The average Bonchev–Trinajstić information content (AvgIpc) is 3.30. The van der Waals surface area contributed by atoms with Crippen LogP contribution in [0.2, 0.25) is 0 Å². The van der Waals surface area contributed by atoms with Gasteiger partial charge >= 0.3 is 0 Å². The quantitative estimate of drug-likeness (QED) is 0.141. The van der Waals surface area contributed by atoms with Crippen LogP contribution in [0.5, 0.6) is 0 Å². The van der Waals surface area contributed by atoms with E-state index < -0.39 is 0 Å². The summed E-state index contributed by atoms with van der Waals surface area (Å²) in [6.07, 6.45) is 0. The third-order valence-corrected chi connectivity index (χ3v) is 11.1. The Morgan fingerprint density at radius 2 is 0.702 bits per heavy atom. The van der Waals surface area contributed by atoms with Gasteiger partial charge in [-0.05, 0) is 108 Å². The zero-order valence-electron chi connectivity index (χ0n) is 31.5. The second kappa shape index (κ2) is 15.0. The molecule has 1 heteroatoms. The maximum absolute atomic E-state index is 2.42. The van der Waals surface area contributed by atoms with Crippen molar-refractivity contribution in [1.29, 1.82) is 0 Å². The van der Waals surface area contributed by atoms with Crippen LogP contribution in [0.15, 0.2) is 237 Å². The third-order valence-electron chi connectivity index (χ3n) is 11.1. The van der Waals surface area contributed by atoms with Crippen molar-refractivity contribution in [3.8, 4) is 55.6 Å². The summed E-state index contributed by atoms with van der Waals surface area (Å²) in [6.45, 7) is 0. The minimum Gasteiger partial charge on any atom is -0.310 e. The van der Waals surface area contributed by atoms with Crippen LogP contribution >= 0.6 is 0 Å². The van der Waals surface area contributed by atoms with Crippen LogP contribution in [0.1, 0.15) is 0 Å². The molecule has 0 saturated carbocycles. The molecule has 0 N–H and O–H groups in total. The zero-order chi connectivity index (χ0) is 38.0. The van der Waals surface area contributed by atoms with Gasteiger partial charge in [-0.15, -0.1) is 0 Å². The van der Waals surface area contributed by atoms with E-state index in [4.69, 9.17) is 0 Å². The summed E-state index contributed by atoms with van der Waals surface area (Å²) in [5.74, 6) is 0. The Bertz CT molecular complexity index is 3000. The molecule has 10 aromatic rings. The van der Waals surface area contributed by atoms with Crippen molar-refractivity contribution in [3.63, 3.8) is 0 Å². The lowest BCUT2D eigenvalue weighted by molar-refractivity contribution is 1.29. The molecule has 57 heavy (non-hydrogen) atoms. The molecule has 10 aromatic carbocycles. The Morgan fingerprint density at radius 3 is 1.42 bits per heavy atom. The molecule has 0 unspecified atom stereocenters. The van der Waals surface area contributed by atoms with Crippen LogP contribution in [-0.2, 0) is 0 Å². The number of anilines is 3. The first-order valence-corrected chi connectivity index (χ1v) is 19.6. The van der Waals surface area contributed by atoms with Gasteiger partial charge in [-0.2, -0.15) is 0 Å². The van der Waals surface area contributed by atoms with Crippen molar-refractivity contribution < 1.29 is 0 Å². The Morgan fingerprint density at radius 1 is 0.228 bits per heavy atom. The van der Waals surface area contributed by atoms with Gasteiger partial charge in [-0.1, -0.05) is 200 Å². The number of para-hydroxylation sites is 1. The van der Waals surface area contributed by atoms with Crippen LogP contribution in [0.3, 0.4) is 0 Å². The second-order valence-electron chi connectivity index (χ2n) is 14.5. The standard InChI is InChI=1S/C56H39N/c1-3-16-40(17-4-1)44-21-15-22-45(38-44)41-32-34-47(35-33-41)57(48-36-37-51-46(39-48)31-30-43-20-7-8-23-49(43)51)56-29-14-13-28-55(56)54-27-12-11-26-53(54)52-25-10-9-24-50(52)42-18-5-2-6-19-42/h1-39H. The van der Waals surface area contributed by atoms with Crippen LogP contribution in [0.25, 0.3) is 77.2 Å². The van der Waals surface area contributed by atoms with E-state index in [0.717, 1.165) is 22.6 Å². The van der Waals surface area contributed by atoms with Gasteiger partial charge in [0, 0.05) is 16.9 Å². The number of benzene rings is 10. The van der Waals surface area contributed by atoms with Crippen molar-refractivity contribution in [2.24, 2.45) is 0 Å². The van der Waals surface area contributed by atoms with Gasteiger partial charge in [-0.3, -0.25) is 0 Å². The first-order valence-electron chi connectivity index (χ1n) is 19.6. The summed E-state index contributed by atoms with van der Waals surface area (Å²) >= 11 is 0. The summed E-state index contributed by atoms with van der Waals surface area (Å²) in [5.41, 5.74) is 15.3. The Kier molecular flexibility index (Phi) is 8.95. The molecule has 10 rings (SSSR count). The summed E-state index contributed by atoms with van der Waals surface area (Å²) < 4.78 is 0. The highest BCUT2D eigenvalue weighted by molar-refractivity contribution is 6.09. The van der Waals surface area contributed by atoms with Crippen molar-refractivity contribution >= 4 is 38.6 Å². The largest absolute Gasteiger partial charge is 0.310 e. The van der Waals surface area contributed by atoms with Crippen LogP contribution < -0.4 is 4.90 Å². The summed E-state index contributed by atoms with van der Waals surface area (Å²) in [6, 6.07) is 85.7. The van der Waals surface area contributed by atoms with E-state index in [1.54, 1.807) is 0 Å². The Hall–Kier alpha value is -7.48. The molecule has 1 nitrogen and oxygen atoms in total. The van der Waals surface area contributed by atoms with E-state index in [0.29, 0.717) is 0 Å². The lowest BCUT2D eigenvalue weighted by Gasteiger charge is -2.29. The highest BCUT2D eigenvalue weighted by atomic mass is 15.1. The minimum atomic E-state index is 1.09. The summed E-state index contributed by atoms with van der Waals surface area (Å²) in [5, 5.41) is 4.97. The molecule has 0 aliphatic heterocycles. The lowest BCUT2D eigenvalue weighted by Crippen LogP contribution is -2.11. The fourth-order valence-corrected chi connectivity index (χ4v) is 8.32. The number of nitrogens with zero attached hydrogens (tertiary/aromatic N) is 1. The predicted octanol–water partition coefficient (Wildman–Crippen LogP) is 15.8. The van der Waals surface area contributed by atoms with Gasteiger partial charge in [0.25, 0.3) is 0 Å². The summed E-state index contributed by atoms with van der Waals surface area (Å²) in [7, 11) is 0. The molecule has 0 fully saturated rings. The number of hydrogen-bond donors (Lipinski definition) is 0. The molecule has 0 atom stereocenters. The SMILES string of the molecule is c1ccc(-c2cccc(-c3ccc(N(c4ccc5c(ccc6ccccc65)c4)c4ccccc4-c4ccccc4-c4ccccc4-c4ccccc4)cc3)c2)cc1. The van der Waals surface area contributed by atoms with E-state index in [1.165, 1.54) is 71.6 Å². The molecule has 268 valence electrons. The fourth-order valence-electron chi connectivity index (χ4n) is 8.32. The molecular weight excluding hydrogens is 687 g/mol. The summed E-state index contributed by atoms with van der Waals surface area (Å²) in [4.78, 5) is 2.42. The highest BCUT2D eigenvalue weighted by Gasteiger charge is 2.21. The van der Waals surface area contributed by atoms with Crippen molar-refractivity contribution in [1.82, 2.24) is 0 Å². The van der Waals surface area contributed by atoms with Crippen molar-refractivity contribution in [3.05, 3.63) is 237 Å². The molecule has 0 radical (unpaired) electrons. The first kappa shape index (κ1) is 34.0. The molecule has 0 aliphatic carbocycles. The van der Waals surface area contributed by atoms with E-state index in [2.05, 4.69) is 241 Å². The van der Waals surface area contributed by atoms with Gasteiger partial charge in [0.1, 0.15) is 0 Å². The van der Waals surface area contributed by atoms with Crippen LogP contribution in [0.4, 0.5) is 17.1 Å². The lowest BCUT2D eigenvalue weighted by atomic mass is 9.88. The molecular formula is C56H39N. The topological polar surface area (TPSA) is 3.24 Å². The van der Waals surface area contributed by atoms with Gasteiger partial charge in [-0.25, -0.2) is 0 Å². The van der Waals surface area contributed by atoms with Crippen LogP contribution in [-0.4, -0.2) is 0 Å². The number of fused-ring (bicyclic) bond motifs is 3. The zero-order valence-corrected chi connectivity index (χ0v) is 31.5. The molecule has 0 aromatic heterocycles. The van der Waals surface area contributed by atoms with Gasteiger partial charge in [0.15, 0.2) is 0 Å². The Labute approximate surface area is 334 Å². The number of hydrogen-bond acceptors (Lipinski definition) is 1. The maximum Gasteiger partial charge on any atom is 0.0540 e.